The molecule has 1 aliphatic rings. The third kappa shape index (κ3) is 4.82. The molecule has 6 heteroatoms. The van der Waals surface area contributed by atoms with Gasteiger partial charge < -0.3 is 9.64 Å². The fraction of sp³-hybridized carbons (Fsp3) is 0.350. The van der Waals surface area contributed by atoms with Gasteiger partial charge in [0.15, 0.2) is 0 Å². The maximum atomic E-state index is 12.5. The van der Waals surface area contributed by atoms with Crippen molar-refractivity contribution >= 4 is 23.6 Å². The van der Waals surface area contributed by atoms with E-state index in [1.807, 2.05) is 38.1 Å². The molecule has 1 atom stereocenters. The summed E-state index contributed by atoms with van der Waals surface area (Å²) < 4.78 is 5.92. The number of carbonyl (C=O) groups excluding carboxylic acids is 1. The molecule has 5 nitrogen and oxygen atoms in total. The van der Waals surface area contributed by atoms with Crippen molar-refractivity contribution in [1.29, 1.82) is 0 Å². The molecule has 1 unspecified atom stereocenters. The number of benzene rings is 1. The number of nitrogens with zero attached hydrogens (tertiary/aromatic N) is 3. The third-order valence-corrected chi connectivity index (χ3v) is 4.58. The van der Waals surface area contributed by atoms with Crippen LogP contribution in [0.2, 0.25) is 5.02 Å². The number of ether oxygens (including phenoxy) is 1. The van der Waals surface area contributed by atoms with Crippen LogP contribution < -0.4 is 4.74 Å². The van der Waals surface area contributed by atoms with E-state index in [1.54, 1.807) is 23.1 Å². The Hall–Kier alpha value is -2.40. The zero-order valence-corrected chi connectivity index (χ0v) is 15.7. The highest BCUT2D eigenvalue weighted by Crippen LogP contribution is 2.19. The molecule has 1 fully saturated rings. The molecule has 0 spiro atoms. The molecule has 0 radical (unpaired) electrons. The number of rotatable bonds is 4. The van der Waals surface area contributed by atoms with Crippen LogP contribution in [0.4, 0.5) is 0 Å². The normalized spacial score (nSPS) is 17.5. The Morgan fingerprint density at radius 2 is 2.00 bits per heavy atom. The Bertz CT molecular complexity index is 802. The molecule has 1 aromatic carbocycles. The molecule has 136 valence electrons. The molecule has 2 aromatic rings. The van der Waals surface area contributed by atoms with E-state index in [-0.39, 0.29) is 12.0 Å². The highest BCUT2D eigenvalue weighted by molar-refractivity contribution is 6.32. The van der Waals surface area contributed by atoms with Gasteiger partial charge in [0, 0.05) is 29.0 Å². The summed E-state index contributed by atoms with van der Waals surface area (Å²) in [5, 5.41) is 0.628. The number of aromatic nitrogens is 2. The number of halogens is 1. The predicted octanol–water partition coefficient (Wildman–Crippen LogP) is 3.83. The van der Waals surface area contributed by atoms with Crippen molar-refractivity contribution < 1.29 is 9.53 Å². The SMILES string of the molecule is Cc1cc(C)nc(OC2CCCN(C(=O)/C=C/c3ccccc3Cl)C2)n1. The number of hydrogen-bond donors (Lipinski definition) is 0. The second kappa shape index (κ2) is 8.32. The lowest BCUT2D eigenvalue weighted by molar-refractivity contribution is -0.128. The van der Waals surface area contributed by atoms with Crippen LogP contribution in [0, 0.1) is 13.8 Å². The molecule has 1 aromatic heterocycles. The zero-order chi connectivity index (χ0) is 18.5. The van der Waals surface area contributed by atoms with Gasteiger partial charge >= 0.3 is 6.01 Å². The average molecular weight is 372 g/mol. The summed E-state index contributed by atoms with van der Waals surface area (Å²) in [7, 11) is 0. The van der Waals surface area contributed by atoms with E-state index in [1.165, 1.54) is 0 Å². The summed E-state index contributed by atoms with van der Waals surface area (Å²) in [5.74, 6) is -0.0421. The predicted molar refractivity (Wildman–Crippen MR) is 102 cm³/mol. The van der Waals surface area contributed by atoms with Crippen molar-refractivity contribution in [3.05, 3.63) is 58.4 Å². The van der Waals surface area contributed by atoms with Crippen molar-refractivity contribution in [3.63, 3.8) is 0 Å². The van der Waals surface area contributed by atoms with E-state index >= 15 is 0 Å². The molecule has 1 saturated heterocycles. The van der Waals surface area contributed by atoms with Crippen LogP contribution in [0.1, 0.15) is 29.8 Å². The van der Waals surface area contributed by atoms with Gasteiger partial charge in [-0.1, -0.05) is 29.8 Å². The number of carbonyl (C=O) groups is 1. The van der Waals surface area contributed by atoms with E-state index < -0.39 is 0 Å². The van der Waals surface area contributed by atoms with E-state index in [0.717, 1.165) is 36.3 Å². The second-order valence-electron chi connectivity index (χ2n) is 6.45. The largest absolute Gasteiger partial charge is 0.458 e. The molecule has 0 saturated carbocycles. The Morgan fingerprint density at radius 3 is 2.73 bits per heavy atom. The quantitative estimate of drug-likeness (QED) is 0.766. The van der Waals surface area contributed by atoms with Gasteiger partial charge in [0.1, 0.15) is 6.10 Å². The highest BCUT2D eigenvalue weighted by Gasteiger charge is 2.24. The topological polar surface area (TPSA) is 55.3 Å². The molecular weight excluding hydrogens is 350 g/mol. The first-order valence-corrected chi connectivity index (χ1v) is 9.09. The summed E-state index contributed by atoms with van der Waals surface area (Å²) in [6.45, 7) is 5.08. The maximum absolute atomic E-state index is 12.5. The van der Waals surface area contributed by atoms with Gasteiger partial charge in [-0.05, 0) is 50.5 Å². The molecular formula is C20H22ClN3O2. The van der Waals surface area contributed by atoms with Crippen LogP contribution in [0.15, 0.2) is 36.4 Å². The van der Waals surface area contributed by atoms with Crippen LogP contribution >= 0.6 is 11.6 Å². The van der Waals surface area contributed by atoms with Gasteiger partial charge in [0.2, 0.25) is 5.91 Å². The summed E-state index contributed by atoms with van der Waals surface area (Å²) in [6.07, 6.45) is 5.00. The van der Waals surface area contributed by atoms with Crippen LogP contribution in [0.25, 0.3) is 6.08 Å². The minimum atomic E-state index is -0.0948. The lowest BCUT2D eigenvalue weighted by atomic mass is 10.1. The van der Waals surface area contributed by atoms with Crippen LogP contribution in [-0.2, 0) is 4.79 Å². The molecule has 0 aliphatic carbocycles. The minimum absolute atomic E-state index is 0.0421. The number of aryl methyl sites for hydroxylation is 2. The maximum Gasteiger partial charge on any atom is 0.317 e. The molecule has 1 aliphatic heterocycles. The number of hydrogen-bond acceptors (Lipinski definition) is 4. The van der Waals surface area contributed by atoms with Gasteiger partial charge in [0.25, 0.3) is 0 Å². The highest BCUT2D eigenvalue weighted by atomic mass is 35.5. The van der Waals surface area contributed by atoms with Gasteiger partial charge in [-0.2, -0.15) is 0 Å². The Kier molecular flexibility index (Phi) is 5.89. The van der Waals surface area contributed by atoms with Gasteiger partial charge in [0.05, 0.1) is 6.54 Å². The van der Waals surface area contributed by atoms with E-state index in [0.29, 0.717) is 17.6 Å². The Labute approximate surface area is 158 Å². The minimum Gasteiger partial charge on any atom is -0.458 e. The van der Waals surface area contributed by atoms with Gasteiger partial charge in [-0.25, -0.2) is 9.97 Å². The lowest BCUT2D eigenvalue weighted by Gasteiger charge is -2.31. The molecule has 1 amide bonds. The monoisotopic (exact) mass is 371 g/mol. The van der Waals surface area contributed by atoms with Crippen LogP contribution in [0.3, 0.4) is 0 Å². The van der Waals surface area contributed by atoms with E-state index in [2.05, 4.69) is 9.97 Å². The molecule has 0 bridgehead atoms. The van der Waals surface area contributed by atoms with Crippen molar-refractivity contribution in [2.45, 2.75) is 32.8 Å². The fourth-order valence-corrected chi connectivity index (χ4v) is 3.21. The first-order valence-electron chi connectivity index (χ1n) is 8.72. The zero-order valence-electron chi connectivity index (χ0n) is 15.0. The fourth-order valence-electron chi connectivity index (χ4n) is 3.01. The van der Waals surface area contributed by atoms with Crippen LogP contribution in [0.5, 0.6) is 6.01 Å². The Morgan fingerprint density at radius 1 is 1.27 bits per heavy atom. The first-order chi connectivity index (χ1) is 12.5. The summed E-state index contributed by atoms with van der Waals surface area (Å²) in [6, 6.07) is 9.73. The first kappa shape index (κ1) is 18.4. The third-order valence-electron chi connectivity index (χ3n) is 4.23. The van der Waals surface area contributed by atoms with Crippen molar-refractivity contribution in [2.75, 3.05) is 13.1 Å². The van der Waals surface area contributed by atoms with Gasteiger partial charge in [-0.3, -0.25) is 4.79 Å². The van der Waals surface area contributed by atoms with Crippen molar-refractivity contribution in [2.24, 2.45) is 0 Å². The summed E-state index contributed by atoms with van der Waals surface area (Å²) in [4.78, 5) is 22.9. The smallest absolute Gasteiger partial charge is 0.317 e. The standard InChI is InChI=1S/C20H22ClN3O2/c1-14-12-15(2)23-20(22-14)26-17-7-5-11-24(13-17)19(25)10-9-16-6-3-4-8-18(16)21/h3-4,6,8-10,12,17H,5,7,11,13H2,1-2H3/b10-9+. The molecule has 0 N–H and O–H groups in total. The summed E-state index contributed by atoms with van der Waals surface area (Å²) >= 11 is 6.12. The van der Waals surface area contributed by atoms with E-state index in [9.17, 15) is 4.79 Å². The lowest BCUT2D eigenvalue weighted by Crippen LogP contribution is -2.44. The van der Waals surface area contributed by atoms with Crippen LogP contribution in [-0.4, -0.2) is 40.0 Å². The van der Waals surface area contributed by atoms with Crippen molar-refractivity contribution in [1.82, 2.24) is 14.9 Å². The number of piperidine rings is 1. The second-order valence-corrected chi connectivity index (χ2v) is 6.86. The van der Waals surface area contributed by atoms with Crippen molar-refractivity contribution in [3.8, 4) is 6.01 Å². The van der Waals surface area contributed by atoms with E-state index in [4.69, 9.17) is 16.3 Å². The summed E-state index contributed by atoms with van der Waals surface area (Å²) in [5.41, 5.74) is 2.58. The average Bonchev–Trinajstić information content (AvgIpc) is 2.60. The number of amides is 1. The molecule has 3 rings (SSSR count). The number of likely N-dealkylation sites (tertiary alicyclic amines) is 1. The molecule has 26 heavy (non-hydrogen) atoms. The molecule has 2 heterocycles. The van der Waals surface area contributed by atoms with Gasteiger partial charge in [-0.15, -0.1) is 0 Å². The Balaban J connectivity index is 1.62.